The second-order valence-electron chi connectivity index (χ2n) is 7.57. The predicted octanol–water partition coefficient (Wildman–Crippen LogP) is 1.47. The SMILES string of the molecule is Cc1nn(CCO)cc1CN1CCCN(C(=O)c2ccc3c(c2)CCO3)CC1. The van der Waals surface area contributed by atoms with E-state index < -0.39 is 0 Å². The van der Waals surface area contributed by atoms with Crippen LogP contribution in [0.4, 0.5) is 0 Å². The van der Waals surface area contributed by atoms with Gasteiger partial charge in [0, 0.05) is 56.5 Å². The molecule has 2 aliphatic heterocycles. The largest absolute Gasteiger partial charge is 0.493 e. The fraction of sp³-hybridized carbons (Fsp3) is 0.524. The highest BCUT2D eigenvalue weighted by atomic mass is 16.5. The van der Waals surface area contributed by atoms with E-state index in [1.54, 1.807) is 4.68 Å². The Labute approximate surface area is 165 Å². The molecular weight excluding hydrogens is 356 g/mol. The van der Waals surface area contributed by atoms with Crippen molar-refractivity contribution < 1.29 is 14.6 Å². The van der Waals surface area contributed by atoms with E-state index in [1.807, 2.05) is 36.2 Å². The van der Waals surface area contributed by atoms with E-state index in [9.17, 15) is 4.79 Å². The summed E-state index contributed by atoms with van der Waals surface area (Å²) in [6.07, 6.45) is 3.86. The summed E-state index contributed by atoms with van der Waals surface area (Å²) in [5, 5.41) is 13.5. The van der Waals surface area contributed by atoms with Gasteiger partial charge in [-0.3, -0.25) is 14.4 Å². The van der Waals surface area contributed by atoms with Gasteiger partial charge < -0.3 is 14.7 Å². The number of hydrogen-bond donors (Lipinski definition) is 1. The van der Waals surface area contributed by atoms with E-state index in [0.717, 1.165) is 68.1 Å². The van der Waals surface area contributed by atoms with Crippen molar-refractivity contribution in [3.05, 3.63) is 46.8 Å². The lowest BCUT2D eigenvalue weighted by molar-refractivity contribution is 0.0761. The molecule has 3 heterocycles. The number of ether oxygens (including phenoxy) is 1. The molecule has 1 aromatic carbocycles. The molecule has 0 spiro atoms. The first-order chi connectivity index (χ1) is 13.6. The molecule has 1 amide bonds. The van der Waals surface area contributed by atoms with Gasteiger partial charge in [0.25, 0.3) is 5.91 Å². The smallest absolute Gasteiger partial charge is 0.253 e. The van der Waals surface area contributed by atoms with Gasteiger partial charge in [-0.15, -0.1) is 0 Å². The average Bonchev–Trinajstić information content (AvgIpc) is 3.21. The highest BCUT2D eigenvalue weighted by Crippen LogP contribution is 2.26. The maximum Gasteiger partial charge on any atom is 0.253 e. The molecular formula is C21H28N4O3. The van der Waals surface area contributed by atoms with Crippen molar-refractivity contribution in [1.82, 2.24) is 19.6 Å². The lowest BCUT2D eigenvalue weighted by atomic mass is 10.1. The van der Waals surface area contributed by atoms with E-state index >= 15 is 0 Å². The minimum Gasteiger partial charge on any atom is -0.493 e. The van der Waals surface area contributed by atoms with Crippen LogP contribution in [0.2, 0.25) is 0 Å². The van der Waals surface area contributed by atoms with Crippen LogP contribution in [-0.2, 0) is 19.5 Å². The van der Waals surface area contributed by atoms with Crippen LogP contribution >= 0.6 is 0 Å². The van der Waals surface area contributed by atoms with Gasteiger partial charge >= 0.3 is 0 Å². The molecule has 1 fully saturated rings. The molecule has 0 atom stereocenters. The monoisotopic (exact) mass is 384 g/mol. The summed E-state index contributed by atoms with van der Waals surface area (Å²) in [4.78, 5) is 17.3. The van der Waals surface area contributed by atoms with Crippen LogP contribution in [0.15, 0.2) is 24.4 Å². The van der Waals surface area contributed by atoms with Gasteiger partial charge in [-0.25, -0.2) is 0 Å². The number of aliphatic hydroxyl groups excluding tert-OH is 1. The maximum absolute atomic E-state index is 13.0. The van der Waals surface area contributed by atoms with E-state index in [4.69, 9.17) is 9.84 Å². The predicted molar refractivity (Wildman–Crippen MR) is 105 cm³/mol. The Morgan fingerprint density at radius 2 is 2.14 bits per heavy atom. The molecule has 1 saturated heterocycles. The maximum atomic E-state index is 13.0. The molecule has 0 bridgehead atoms. The van der Waals surface area contributed by atoms with Crippen LogP contribution in [-0.4, -0.2) is 70.0 Å². The number of nitrogens with zero attached hydrogens (tertiary/aromatic N) is 4. The molecule has 0 unspecified atom stereocenters. The molecule has 28 heavy (non-hydrogen) atoms. The first-order valence-corrected chi connectivity index (χ1v) is 10.0. The zero-order chi connectivity index (χ0) is 19.5. The second-order valence-corrected chi connectivity index (χ2v) is 7.57. The summed E-state index contributed by atoms with van der Waals surface area (Å²) >= 11 is 0. The van der Waals surface area contributed by atoms with Gasteiger partial charge in [0.1, 0.15) is 5.75 Å². The summed E-state index contributed by atoms with van der Waals surface area (Å²) in [5.74, 6) is 1.03. The number of carbonyl (C=O) groups is 1. The number of hydrogen-bond acceptors (Lipinski definition) is 5. The number of amides is 1. The summed E-state index contributed by atoms with van der Waals surface area (Å²) in [5.41, 5.74) is 4.09. The van der Waals surface area contributed by atoms with E-state index in [2.05, 4.69) is 10.00 Å². The zero-order valence-corrected chi connectivity index (χ0v) is 16.4. The van der Waals surface area contributed by atoms with Gasteiger partial charge in [0.15, 0.2) is 0 Å². The number of aliphatic hydroxyl groups is 1. The number of fused-ring (bicyclic) bond motifs is 1. The van der Waals surface area contributed by atoms with Gasteiger partial charge in [-0.05, 0) is 37.1 Å². The van der Waals surface area contributed by atoms with E-state index in [0.29, 0.717) is 13.2 Å². The Kier molecular flexibility index (Phi) is 5.64. The third-order valence-corrected chi connectivity index (χ3v) is 5.58. The first-order valence-electron chi connectivity index (χ1n) is 10.0. The van der Waals surface area contributed by atoms with E-state index in [-0.39, 0.29) is 12.5 Å². The van der Waals surface area contributed by atoms with Crippen molar-refractivity contribution in [2.75, 3.05) is 39.4 Å². The molecule has 4 rings (SSSR count). The van der Waals surface area contributed by atoms with E-state index in [1.165, 1.54) is 5.56 Å². The van der Waals surface area contributed by atoms with Crippen molar-refractivity contribution in [1.29, 1.82) is 0 Å². The molecule has 7 heteroatoms. The van der Waals surface area contributed by atoms with Crippen molar-refractivity contribution in [3.63, 3.8) is 0 Å². The quantitative estimate of drug-likeness (QED) is 0.845. The molecule has 1 N–H and O–H groups in total. The van der Waals surface area contributed by atoms with Crippen molar-refractivity contribution >= 4 is 5.91 Å². The summed E-state index contributed by atoms with van der Waals surface area (Å²) in [6.45, 7) is 7.49. The molecule has 0 saturated carbocycles. The normalized spacial score (nSPS) is 17.3. The highest BCUT2D eigenvalue weighted by molar-refractivity contribution is 5.94. The number of benzene rings is 1. The van der Waals surface area contributed by atoms with Crippen molar-refractivity contribution in [2.24, 2.45) is 0 Å². The third-order valence-electron chi connectivity index (χ3n) is 5.58. The molecule has 1 aromatic heterocycles. The summed E-state index contributed by atoms with van der Waals surface area (Å²) < 4.78 is 7.35. The van der Waals surface area contributed by atoms with Crippen LogP contribution in [0.3, 0.4) is 0 Å². The van der Waals surface area contributed by atoms with Crippen LogP contribution in [0.5, 0.6) is 5.75 Å². The Balaban J connectivity index is 1.37. The molecule has 150 valence electrons. The fourth-order valence-corrected chi connectivity index (χ4v) is 4.01. The standard InChI is InChI=1S/C21H28N4O3/c1-16-19(15-25(22-16)10-11-26)14-23-6-2-7-24(9-8-23)21(27)18-3-4-20-17(13-18)5-12-28-20/h3-4,13,15,26H,2,5-12,14H2,1H3. The van der Waals surface area contributed by atoms with Crippen molar-refractivity contribution in [2.45, 2.75) is 32.9 Å². The molecule has 2 aliphatic rings. The lowest BCUT2D eigenvalue weighted by Crippen LogP contribution is -2.35. The second kappa shape index (κ2) is 8.32. The lowest BCUT2D eigenvalue weighted by Gasteiger charge is -2.22. The minimum absolute atomic E-state index is 0.0934. The Morgan fingerprint density at radius 1 is 1.25 bits per heavy atom. The topological polar surface area (TPSA) is 70.8 Å². The molecule has 7 nitrogen and oxygen atoms in total. The van der Waals surface area contributed by atoms with Gasteiger partial charge in [0.05, 0.1) is 25.5 Å². The number of rotatable bonds is 5. The van der Waals surface area contributed by atoms with Gasteiger partial charge in [-0.2, -0.15) is 5.10 Å². The summed E-state index contributed by atoms with van der Waals surface area (Å²) in [7, 11) is 0. The molecule has 0 aliphatic carbocycles. The average molecular weight is 384 g/mol. The number of carbonyl (C=O) groups excluding carboxylic acids is 1. The molecule has 0 radical (unpaired) electrons. The van der Waals surface area contributed by atoms with Crippen LogP contribution < -0.4 is 4.74 Å². The van der Waals surface area contributed by atoms with Crippen LogP contribution in [0.25, 0.3) is 0 Å². The summed E-state index contributed by atoms with van der Waals surface area (Å²) in [6, 6.07) is 5.80. The fourth-order valence-electron chi connectivity index (χ4n) is 4.01. The zero-order valence-electron chi connectivity index (χ0n) is 16.4. The highest BCUT2D eigenvalue weighted by Gasteiger charge is 2.23. The Hall–Kier alpha value is -2.38. The third kappa shape index (κ3) is 4.05. The Morgan fingerprint density at radius 3 is 3.00 bits per heavy atom. The number of aromatic nitrogens is 2. The van der Waals surface area contributed by atoms with Crippen LogP contribution in [0.1, 0.15) is 33.6 Å². The Bertz CT molecular complexity index is 848. The van der Waals surface area contributed by atoms with Crippen molar-refractivity contribution in [3.8, 4) is 5.75 Å². The number of aryl methyl sites for hydroxylation is 1. The minimum atomic E-state index is 0.0934. The van der Waals surface area contributed by atoms with Crippen LogP contribution in [0, 0.1) is 6.92 Å². The van der Waals surface area contributed by atoms with Gasteiger partial charge in [0.2, 0.25) is 0 Å². The first kappa shape index (κ1) is 19.0. The van der Waals surface area contributed by atoms with Gasteiger partial charge in [-0.1, -0.05) is 0 Å². The molecule has 2 aromatic rings.